The van der Waals surface area contributed by atoms with Crippen molar-refractivity contribution in [3.63, 3.8) is 0 Å². The molecule has 1 aliphatic rings. The fourth-order valence-corrected chi connectivity index (χ4v) is 4.31. The number of hydrogen-bond donors (Lipinski definition) is 1. The summed E-state index contributed by atoms with van der Waals surface area (Å²) in [6.45, 7) is 2.03. The van der Waals surface area contributed by atoms with E-state index < -0.39 is 28.7 Å². The van der Waals surface area contributed by atoms with Gasteiger partial charge in [-0.25, -0.2) is 0 Å². The van der Waals surface area contributed by atoms with Crippen molar-refractivity contribution >= 4 is 28.9 Å². The third-order valence-corrected chi connectivity index (χ3v) is 5.77. The van der Waals surface area contributed by atoms with Crippen LogP contribution in [0.15, 0.2) is 72.8 Å². The summed E-state index contributed by atoms with van der Waals surface area (Å²) in [5, 5.41) is 2.26. The van der Waals surface area contributed by atoms with Crippen LogP contribution in [0.4, 0.5) is 24.5 Å². The normalized spacial score (nSPS) is 16.7. The van der Waals surface area contributed by atoms with Crippen LogP contribution >= 0.6 is 11.6 Å². The van der Waals surface area contributed by atoms with E-state index in [1.54, 1.807) is 0 Å². The second-order valence-electron chi connectivity index (χ2n) is 7.58. The van der Waals surface area contributed by atoms with Gasteiger partial charge in [0.05, 0.1) is 10.6 Å². The molecule has 3 nitrogen and oxygen atoms in total. The molecule has 4 rings (SSSR count). The molecule has 0 aliphatic carbocycles. The fourth-order valence-electron chi connectivity index (χ4n) is 4.09. The summed E-state index contributed by atoms with van der Waals surface area (Å²) >= 11 is 5.71. The number of nitrogens with one attached hydrogen (secondary N) is 1. The maximum Gasteiger partial charge on any atom is 0.417 e. The van der Waals surface area contributed by atoms with Crippen molar-refractivity contribution in [2.24, 2.45) is 0 Å². The van der Waals surface area contributed by atoms with Gasteiger partial charge in [0.1, 0.15) is 6.04 Å². The van der Waals surface area contributed by atoms with Crippen molar-refractivity contribution in [1.82, 2.24) is 0 Å². The highest BCUT2D eigenvalue weighted by Gasteiger charge is 2.37. The molecule has 31 heavy (non-hydrogen) atoms. The van der Waals surface area contributed by atoms with E-state index in [2.05, 4.69) is 5.32 Å². The minimum atomic E-state index is -4.61. The molecule has 160 valence electrons. The predicted octanol–water partition coefficient (Wildman–Crippen LogP) is 6.49. The van der Waals surface area contributed by atoms with Gasteiger partial charge in [-0.15, -0.1) is 0 Å². The van der Waals surface area contributed by atoms with Gasteiger partial charge in [-0.2, -0.15) is 13.2 Å². The number of anilines is 2. The quantitative estimate of drug-likeness (QED) is 0.498. The van der Waals surface area contributed by atoms with Crippen molar-refractivity contribution in [3.8, 4) is 0 Å². The lowest BCUT2D eigenvalue weighted by Gasteiger charge is -2.33. The number of nitrogens with zero attached hydrogens (tertiary/aromatic N) is 1. The Hall–Kier alpha value is -2.99. The van der Waals surface area contributed by atoms with E-state index in [1.807, 2.05) is 66.4 Å². The van der Waals surface area contributed by atoms with Gasteiger partial charge < -0.3 is 10.2 Å². The average Bonchev–Trinajstić information content (AvgIpc) is 3.05. The molecule has 0 bridgehead atoms. The number of hydrogen-bond acceptors (Lipinski definition) is 2. The van der Waals surface area contributed by atoms with E-state index in [0.717, 1.165) is 35.4 Å². The smallest absolute Gasteiger partial charge is 0.353 e. The second-order valence-corrected chi connectivity index (χ2v) is 7.99. The van der Waals surface area contributed by atoms with Crippen LogP contribution in [0.5, 0.6) is 0 Å². The largest absolute Gasteiger partial charge is 0.417 e. The summed E-state index contributed by atoms with van der Waals surface area (Å²) in [4.78, 5) is 15.5. The van der Waals surface area contributed by atoms with Crippen molar-refractivity contribution in [3.05, 3.63) is 94.5 Å². The van der Waals surface area contributed by atoms with Gasteiger partial charge in [-0.3, -0.25) is 4.79 Å². The first-order valence-electron chi connectivity index (χ1n) is 9.84. The molecule has 0 saturated heterocycles. The van der Waals surface area contributed by atoms with Gasteiger partial charge in [-0.05, 0) is 48.7 Å². The maximum atomic E-state index is 13.4. The van der Waals surface area contributed by atoms with Gasteiger partial charge in [0.2, 0.25) is 0 Å². The molecule has 3 aromatic carbocycles. The number of amides is 1. The first-order valence-corrected chi connectivity index (χ1v) is 10.2. The highest BCUT2D eigenvalue weighted by Crippen LogP contribution is 2.40. The van der Waals surface area contributed by atoms with Crippen LogP contribution in [0.2, 0.25) is 5.02 Å². The molecule has 0 radical (unpaired) electrons. The van der Waals surface area contributed by atoms with Crippen molar-refractivity contribution in [2.45, 2.75) is 31.6 Å². The molecule has 0 aromatic heterocycles. The predicted molar refractivity (Wildman–Crippen MR) is 116 cm³/mol. The van der Waals surface area contributed by atoms with Crippen LogP contribution in [-0.4, -0.2) is 11.9 Å². The number of carbonyl (C=O) groups is 1. The minimum Gasteiger partial charge on any atom is -0.353 e. The SMILES string of the molecule is CC1Cc2ccccc2N1C(C(=O)Nc1ccc(Cl)c(C(F)(F)F)c1)c1ccccc1. The topological polar surface area (TPSA) is 32.3 Å². The van der Waals surface area contributed by atoms with Crippen LogP contribution < -0.4 is 10.2 Å². The monoisotopic (exact) mass is 444 g/mol. The van der Waals surface area contributed by atoms with E-state index in [1.165, 1.54) is 6.07 Å². The van der Waals surface area contributed by atoms with Gasteiger partial charge in [0, 0.05) is 17.4 Å². The zero-order valence-corrected chi connectivity index (χ0v) is 17.4. The lowest BCUT2D eigenvalue weighted by atomic mass is 10.0. The molecule has 0 saturated carbocycles. The third kappa shape index (κ3) is 4.26. The number of alkyl halides is 3. The molecular formula is C24H20ClF3N2O. The van der Waals surface area contributed by atoms with Gasteiger partial charge >= 0.3 is 6.18 Å². The number of para-hydroxylation sites is 1. The summed E-state index contributed by atoms with van der Waals surface area (Å²) in [5.41, 5.74) is 1.90. The van der Waals surface area contributed by atoms with E-state index in [9.17, 15) is 18.0 Å². The van der Waals surface area contributed by atoms with E-state index >= 15 is 0 Å². The van der Waals surface area contributed by atoms with E-state index in [4.69, 9.17) is 11.6 Å². The fraction of sp³-hybridized carbons (Fsp3) is 0.208. The van der Waals surface area contributed by atoms with Crippen molar-refractivity contribution in [2.75, 3.05) is 10.2 Å². The Kier molecular flexibility index (Phi) is 5.67. The standard InChI is InChI=1S/C24H20ClF3N2O/c1-15-13-17-9-5-6-10-21(17)30(15)22(16-7-3-2-4-8-16)23(31)29-18-11-12-20(25)19(14-18)24(26,27)28/h2-12,14-15,22H,13H2,1H3,(H,29,31). The molecule has 7 heteroatoms. The first kappa shape index (κ1) is 21.2. The van der Waals surface area contributed by atoms with E-state index in [-0.39, 0.29) is 11.7 Å². The number of halogens is 4. The number of rotatable bonds is 4. The molecule has 1 heterocycles. The zero-order valence-electron chi connectivity index (χ0n) is 16.7. The molecule has 2 unspecified atom stereocenters. The molecule has 0 spiro atoms. The van der Waals surface area contributed by atoms with Gasteiger partial charge in [-0.1, -0.05) is 60.1 Å². The Labute approximate surface area is 183 Å². The third-order valence-electron chi connectivity index (χ3n) is 5.44. The molecule has 1 N–H and O–H groups in total. The van der Waals surface area contributed by atoms with Crippen LogP contribution in [0.3, 0.4) is 0 Å². The molecule has 3 aromatic rings. The maximum absolute atomic E-state index is 13.4. The minimum absolute atomic E-state index is 0.0443. The Morgan fingerprint density at radius 1 is 1.06 bits per heavy atom. The van der Waals surface area contributed by atoms with Crippen LogP contribution in [-0.2, 0) is 17.4 Å². The van der Waals surface area contributed by atoms with Gasteiger partial charge in [0.15, 0.2) is 0 Å². The zero-order chi connectivity index (χ0) is 22.2. The first-order chi connectivity index (χ1) is 14.8. The Morgan fingerprint density at radius 3 is 2.45 bits per heavy atom. The summed E-state index contributed by atoms with van der Waals surface area (Å²) in [5.74, 6) is -0.412. The Balaban J connectivity index is 1.72. The second kappa shape index (κ2) is 8.27. The van der Waals surface area contributed by atoms with Crippen LogP contribution in [0.25, 0.3) is 0 Å². The highest BCUT2D eigenvalue weighted by molar-refractivity contribution is 6.31. The molecule has 1 aliphatic heterocycles. The lowest BCUT2D eigenvalue weighted by Crippen LogP contribution is -2.40. The highest BCUT2D eigenvalue weighted by atomic mass is 35.5. The Morgan fingerprint density at radius 2 is 1.74 bits per heavy atom. The average molecular weight is 445 g/mol. The van der Waals surface area contributed by atoms with Gasteiger partial charge in [0.25, 0.3) is 5.91 Å². The lowest BCUT2D eigenvalue weighted by molar-refractivity contribution is -0.137. The van der Waals surface area contributed by atoms with Crippen molar-refractivity contribution < 1.29 is 18.0 Å². The number of fused-ring (bicyclic) bond motifs is 1. The molecule has 1 amide bonds. The molecule has 2 atom stereocenters. The summed E-state index contributed by atoms with van der Waals surface area (Å²) in [6.07, 6.45) is -3.83. The van der Waals surface area contributed by atoms with Crippen LogP contribution in [0.1, 0.15) is 29.7 Å². The Bertz CT molecular complexity index is 1100. The summed E-state index contributed by atoms with van der Waals surface area (Å²) in [7, 11) is 0. The summed E-state index contributed by atoms with van der Waals surface area (Å²) in [6, 6.07) is 19.8. The molecular weight excluding hydrogens is 425 g/mol. The van der Waals surface area contributed by atoms with Crippen LogP contribution in [0, 0.1) is 0 Å². The van der Waals surface area contributed by atoms with Crippen molar-refractivity contribution in [1.29, 1.82) is 0 Å². The summed E-state index contributed by atoms with van der Waals surface area (Å²) < 4.78 is 39.7. The number of carbonyl (C=O) groups excluding carboxylic acids is 1. The number of benzene rings is 3. The molecule has 0 fully saturated rings. The van der Waals surface area contributed by atoms with E-state index in [0.29, 0.717) is 0 Å².